The van der Waals surface area contributed by atoms with Crippen molar-refractivity contribution in [3.05, 3.63) is 70.3 Å². The molecule has 0 spiro atoms. The van der Waals surface area contributed by atoms with Gasteiger partial charge in [0.2, 0.25) is 10.0 Å². The largest absolute Gasteiger partial charge is 0.346 e. The molecule has 6 heteroatoms. The van der Waals surface area contributed by atoms with E-state index < -0.39 is 10.0 Å². The highest BCUT2D eigenvalue weighted by atomic mass is 32.2. The summed E-state index contributed by atoms with van der Waals surface area (Å²) in [7, 11) is -3.18. The van der Waals surface area contributed by atoms with Crippen LogP contribution in [0.15, 0.2) is 42.5 Å². The van der Waals surface area contributed by atoms with Crippen LogP contribution in [0.1, 0.15) is 58.4 Å². The maximum Gasteiger partial charge on any atom is 0.251 e. The summed E-state index contributed by atoms with van der Waals surface area (Å²) in [5.74, 6) is -0.106. The van der Waals surface area contributed by atoms with Gasteiger partial charge in [-0.2, -0.15) is 0 Å². The van der Waals surface area contributed by atoms with Crippen molar-refractivity contribution in [2.45, 2.75) is 45.1 Å². The zero-order chi connectivity index (χ0) is 20.1. The Morgan fingerprint density at radius 1 is 1.04 bits per heavy atom. The quantitative estimate of drug-likeness (QED) is 0.750. The summed E-state index contributed by atoms with van der Waals surface area (Å²) in [5.41, 5.74) is 5.57. The second-order valence-electron chi connectivity index (χ2n) is 7.54. The average Bonchev–Trinajstić information content (AvgIpc) is 2.67. The van der Waals surface area contributed by atoms with Gasteiger partial charge in [0.05, 0.1) is 12.3 Å². The molecule has 5 nitrogen and oxygen atoms in total. The van der Waals surface area contributed by atoms with Gasteiger partial charge >= 0.3 is 0 Å². The van der Waals surface area contributed by atoms with Gasteiger partial charge in [0.25, 0.3) is 5.91 Å². The summed E-state index contributed by atoms with van der Waals surface area (Å²) >= 11 is 0. The topological polar surface area (TPSA) is 75.3 Å². The summed E-state index contributed by atoms with van der Waals surface area (Å²) < 4.78 is 24.7. The third kappa shape index (κ3) is 5.66. The van der Waals surface area contributed by atoms with Crippen molar-refractivity contribution in [3.63, 3.8) is 0 Å². The lowest BCUT2D eigenvalue weighted by Gasteiger charge is -2.20. The predicted molar refractivity (Wildman–Crippen MR) is 112 cm³/mol. The third-order valence-corrected chi connectivity index (χ3v) is 5.94. The third-order valence-electron chi connectivity index (χ3n) is 5.21. The summed E-state index contributed by atoms with van der Waals surface area (Å²) in [6.45, 7) is 2.35. The first kappa shape index (κ1) is 20.6. The van der Waals surface area contributed by atoms with Crippen molar-refractivity contribution in [2.75, 3.05) is 12.8 Å². The van der Waals surface area contributed by atoms with Crippen molar-refractivity contribution in [2.24, 2.45) is 0 Å². The highest BCUT2D eigenvalue weighted by molar-refractivity contribution is 7.88. The van der Waals surface area contributed by atoms with Crippen LogP contribution in [0, 0.1) is 0 Å². The Labute approximate surface area is 167 Å². The molecular formula is C22H28N2O3S. The number of hydrogen-bond donors (Lipinski definition) is 2. The molecule has 1 amide bonds. The van der Waals surface area contributed by atoms with Crippen LogP contribution < -0.4 is 10.0 Å². The normalized spacial score (nSPS) is 14.9. The van der Waals surface area contributed by atoms with E-state index in [4.69, 9.17) is 0 Å². The fourth-order valence-corrected chi connectivity index (χ4v) is 4.06. The van der Waals surface area contributed by atoms with Crippen LogP contribution in [0.25, 0.3) is 0 Å². The maximum atomic E-state index is 12.6. The van der Waals surface area contributed by atoms with Crippen LogP contribution in [0.5, 0.6) is 0 Å². The number of aryl methyl sites for hydroxylation is 2. The van der Waals surface area contributed by atoms with E-state index in [0.717, 1.165) is 30.2 Å². The van der Waals surface area contributed by atoms with E-state index in [1.54, 1.807) is 12.1 Å². The van der Waals surface area contributed by atoms with Gasteiger partial charge < -0.3 is 5.32 Å². The monoisotopic (exact) mass is 400 g/mol. The van der Waals surface area contributed by atoms with Gasteiger partial charge in [-0.15, -0.1) is 0 Å². The van der Waals surface area contributed by atoms with Crippen LogP contribution in [-0.4, -0.2) is 27.1 Å². The average molecular weight is 401 g/mol. The molecule has 150 valence electrons. The van der Waals surface area contributed by atoms with Crippen LogP contribution in [0.3, 0.4) is 0 Å². The zero-order valence-corrected chi connectivity index (χ0v) is 17.3. The highest BCUT2D eigenvalue weighted by Gasteiger charge is 2.15. The number of carbonyl (C=O) groups is 1. The van der Waals surface area contributed by atoms with E-state index in [1.807, 2.05) is 19.1 Å². The lowest BCUT2D eigenvalue weighted by molar-refractivity contribution is 0.0940. The van der Waals surface area contributed by atoms with E-state index in [2.05, 4.69) is 28.2 Å². The van der Waals surface area contributed by atoms with Crippen LogP contribution in [0.2, 0.25) is 0 Å². The summed E-state index contributed by atoms with van der Waals surface area (Å²) in [6.07, 6.45) is 6.51. The second-order valence-corrected chi connectivity index (χ2v) is 9.38. The van der Waals surface area contributed by atoms with Gasteiger partial charge in [-0.05, 0) is 73.4 Å². The lowest BCUT2D eigenvalue weighted by Crippen LogP contribution is -2.27. The Balaban J connectivity index is 1.58. The van der Waals surface area contributed by atoms with Gasteiger partial charge in [0.1, 0.15) is 0 Å². The number of amides is 1. The summed E-state index contributed by atoms with van der Waals surface area (Å²) in [4.78, 5) is 12.6. The standard InChI is InChI=1S/C22H28N2O3S/c1-16(20-12-11-18-5-3-4-6-21(18)15-20)24-22(25)19-9-7-17(8-10-19)13-14-23-28(2,26)27/h7-12,15-16,23H,3-6,13-14H2,1-2H3,(H,24,25)/t16-/m1/s1. The number of fused-ring (bicyclic) bond motifs is 1. The minimum atomic E-state index is -3.18. The van der Waals surface area contributed by atoms with Gasteiger partial charge in [-0.3, -0.25) is 4.79 Å². The molecular weight excluding hydrogens is 372 g/mol. The van der Waals surface area contributed by atoms with E-state index in [9.17, 15) is 13.2 Å². The van der Waals surface area contributed by atoms with Gasteiger partial charge in [0, 0.05) is 12.1 Å². The fraction of sp³-hybridized carbons (Fsp3) is 0.409. The molecule has 0 heterocycles. The number of rotatable bonds is 7. The Morgan fingerprint density at radius 3 is 2.39 bits per heavy atom. The number of benzene rings is 2. The molecule has 0 radical (unpaired) electrons. The predicted octanol–water partition coefficient (Wildman–Crippen LogP) is 3.15. The minimum absolute atomic E-state index is 0.0571. The number of carbonyl (C=O) groups excluding carboxylic acids is 1. The molecule has 0 fully saturated rings. The highest BCUT2D eigenvalue weighted by Crippen LogP contribution is 2.25. The van der Waals surface area contributed by atoms with E-state index in [0.29, 0.717) is 18.5 Å². The molecule has 1 aliphatic rings. The Kier molecular flexibility index (Phi) is 6.52. The Bertz CT molecular complexity index is 937. The van der Waals surface area contributed by atoms with Crippen molar-refractivity contribution in [1.29, 1.82) is 0 Å². The molecule has 3 rings (SSSR count). The van der Waals surface area contributed by atoms with E-state index in [-0.39, 0.29) is 11.9 Å². The first-order valence-electron chi connectivity index (χ1n) is 9.78. The SMILES string of the molecule is C[C@@H](NC(=O)c1ccc(CCNS(C)(=O)=O)cc1)c1ccc2c(c1)CCCC2. The van der Waals surface area contributed by atoms with Crippen LogP contribution in [-0.2, 0) is 29.3 Å². The van der Waals surface area contributed by atoms with Crippen molar-refractivity contribution in [1.82, 2.24) is 10.0 Å². The first-order chi connectivity index (χ1) is 13.3. The van der Waals surface area contributed by atoms with Crippen LogP contribution >= 0.6 is 0 Å². The molecule has 0 saturated heterocycles. The molecule has 28 heavy (non-hydrogen) atoms. The van der Waals surface area contributed by atoms with Crippen molar-refractivity contribution < 1.29 is 13.2 Å². The maximum absolute atomic E-state index is 12.6. The molecule has 0 unspecified atom stereocenters. The molecule has 2 aromatic carbocycles. The molecule has 0 aliphatic heterocycles. The molecule has 1 aliphatic carbocycles. The molecule has 1 atom stereocenters. The fourth-order valence-electron chi connectivity index (χ4n) is 3.59. The molecule has 2 N–H and O–H groups in total. The Hall–Kier alpha value is -2.18. The van der Waals surface area contributed by atoms with Gasteiger partial charge in [-0.25, -0.2) is 13.1 Å². The minimum Gasteiger partial charge on any atom is -0.346 e. The van der Waals surface area contributed by atoms with Crippen molar-refractivity contribution >= 4 is 15.9 Å². The molecule has 2 aromatic rings. The lowest BCUT2D eigenvalue weighted by atomic mass is 9.89. The van der Waals surface area contributed by atoms with Crippen LogP contribution in [0.4, 0.5) is 0 Å². The van der Waals surface area contributed by atoms with Gasteiger partial charge in [0.15, 0.2) is 0 Å². The smallest absolute Gasteiger partial charge is 0.251 e. The van der Waals surface area contributed by atoms with E-state index in [1.165, 1.54) is 24.0 Å². The molecule has 0 bridgehead atoms. The molecule has 0 aromatic heterocycles. The first-order valence-corrected chi connectivity index (χ1v) is 11.7. The summed E-state index contributed by atoms with van der Waals surface area (Å²) in [6, 6.07) is 13.8. The van der Waals surface area contributed by atoms with Gasteiger partial charge in [-0.1, -0.05) is 30.3 Å². The number of nitrogens with one attached hydrogen (secondary N) is 2. The Morgan fingerprint density at radius 2 is 1.71 bits per heavy atom. The van der Waals surface area contributed by atoms with E-state index >= 15 is 0 Å². The number of sulfonamides is 1. The second kappa shape index (κ2) is 8.88. The van der Waals surface area contributed by atoms with Crippen molar-refractivity contribution in [3.8, 4) is 0 Å². The molecule has 0 saturated carbocycles. The zero-order valence-electron chi connectivity index (χ0n) is 16.5. The summed E-state index contributed by atoms with van der Waals surface area (Å²) in [5, 5.41) is 3.07. The number of hydrogen-bond acceptors (Lipinski definition) is 3.